The summed E-state index contributed by atoms with van der Waals surface area (Å²) in [7, 11) is 0. The van der Waals surface area contributed by atoms with Crippen LogP contribution in [-0.4, -0.2) is 15.9 Å². The molecule has 1 aliphatic heterocycles. The zero-order chi connectivity index (χ0) is 15.1. The van der Waals surface area contributed by atoms with Crippen molar-refractivity contribution in [2.45, 2.75) is 6.42 Å². The van der Waals surface area contributed by atoms with Crippen LogP contribution in [0.3, 0.4) is 0 Å². The van der Waals surface area contributed by atoms with E-state index >= 15 is 0 Å². The topological polar surface area (TPSA) is 52.8 Å². The molecule has 2 aromatic rings. The molecule has 106 valence electrons. The van der Waals surface area contributed by atoms with Gasteiger partial charge in [0, 0.05) is 18.1 Å². The highest BCUT2D eigenvalue weighted by atomic mass is 19.1. The van der Waals surface area contributed by atoms with Crippen LogP contribution in [0.25, 0.3) is 5.83 Å². The molecule has 0 saturated heterocycles. The second-order valence-electron chi connectivity index (χ2n) is 4.80. The van der Waals surface area contributed by atoms with Gasteiger partial charge in [-0.15, -0.1) is 0 Å². The Balaban J connectivity index is 2.06. The van der Waals surface area contributed by atoms with Crippen LogP contribution in [0.15, 0.2) is 41.9 Å². The minimum Gasteiger partial charge on any atom is -0.508 e. The molecule has 0 radical (unpaired) electrons. The lowest BCUT2D eigenvalue weighted by atomic mass is 9.99. The summed E-state index contributed by atoms with van der Waals surface area (Å²) in [5.41, 5.74) is 2.27. The van der Waals surface area contributed by atoms with E-state index in [1.807, 2.05) is 0 Å². The quantitative estimate of drug-likeness (QED) is 0.881. The van der Waals surface area contributed by atoms with Gasteiger partial charge in [0.1, 0.15) is 11.6 Å². The average Bonchev–Trinajstić information content (AvgIpc) is 2.84. The number of benzene rings is 2. The zero-order valence-corrected chi connectivity index (χ0v) is 10.9. The number of aromatic hydroxyl groups is 2. The summed E-state index contributed by atoms with van der Waals surface area (Å²) >= 11 is 0. The first kappa shape index (κ1) is 13.3. The average molecular weight is 287 g/mol. The minimum absolute atomic E-state index is 0.107. The van der Waals surface area contributed by atoms with Crippen molar-refractivity contribution >= 4 is 17.2 Å². The van der Waals surface area contributed by atoms with Crippen LogP contribution < -0.4 is 0 Å². The Morgan fingerprint density at radius 1 is 1.19 bits per heavy atom. The van der Waals surface area contributed by atoms with Gasteiger partial charge in [-0.05, 0) is 35.4 Å². The number of hydrogen-bond acceptors (Lipinski definition) is 3. The van der Waals surface area contributed by atoms with E-state index in [2.05, 4.69) is 11.6 Å². The molecule has 3 rings (SSSR count). The summed E-state index contributed by atoms with van der Waals surface area (Å²) in [6.45, 7) is 3.25. The summed E-state index contributed by atoms with van der Waals surface area (Å²) < 4.78 is 26.9. The molecular formula is C16H11F2NO2. The summed E-state index contributed by atoms with van der Waals surface area (Å²) in [6, 6.07) is 6.65. The van der Waals surface area contributed by atoms with Gasteiger partial charge in [-0.1, -0.05) is 6.58 Å². The molecule has 0 fully saturated rings. The molecule has 2 aromatic carbocycles. The molecule has 0 atom stereocenters. The number of fused-ring (bicyclic) bond motifs is 1. The van der Waals surface area contributed by atoms with Crippen LogP contribution in [0, 0.1) is 5.82 Å². The van der Waals surface area contributed by atoms with Crippen molar-refractivity contribution in [3.8, 4) is 11.5 Å². The molecule has 5 heteroatoms. The molecule has 0 bridgehead atoms. The van der Waals surface area contributed by atoms with Crippen molar-refractivity contribution in [1.29, 1.82) is 0 Å². The molecule has 0 saturated carbocycles. The minimum atomic E-state index is -0.746. The van der Waals surface area contributed by atoms with Gasteiger partial charge in [0.25, 0.3) is 0 Å². The molecule has 0 aliphatic carbocycles. The second-order valence-corrected chi connectivity index (χ2v) is 4.80. The van der Waals surface area contributed by atoms with E-state index in [-0.39, 0.29) is 11.3 Å². The number of rotatable bonds is 2. The fraction of sp³-hybridized carbons (Fsp3) is 0.0625. The lowest BCUT2D eigenvalue weighted by molar-refractivity contribution is 0.432. The largest absolute Gasteiger partial charge is 0.508 e. The number of phenolic OH excluding ortho intramolecular Hbond substituents is 2. The molecule has 0 aromatic heterocycles. The highest BCUT2D eigenvalue weighted by molar-refractivity contribution is 6.07. The Morgan fingerprint density at radius 2 is 1.95 bits per heavy atom. The van der Waals surface area contributed by atoms with Crippen LogP contribution in [0.4, 0.5) is 14.5 Å². The molecule has 0 amide bonds. The van der Waals surface area contributed by atoms with Crippen molar-refractivity contribution in [2.75, 3.05) is 0 Å². The zero-order valence-electron chi connectivity index (χ0n) is 10.9. The second kappa shape index (κ2) is 4.70. The molecule has 21 heavy (non-hydrogen) atoms. The van der Waals surface area contributed by atoms with Gasteiger partial charge in [0.05, 0.1) is 11.4 Å². The maximum atomic E-state index is 13.5. The van der Waals surface area contributed by atoms with E-state index in [1.54, 1.807) is 0 Å². The Morgan fingerprint density at radius 3 is 2.62 bits per heavy atom. The summed E-state index contributed by atoms with van der Waals surface area (Å²) in [5, 5.41) is 18.8. The van der Waals surface area contributed by atoms with Gasteiger partial charge in [-0.3, -0.25) is 4.99 Å². The van der Waals surface area contributed by atoms with Crippen molar-refractivity contribution in [3.05, 3.63) is 59.4 Å². The van der Waals surface area contributed by atoms with E-state index in [9.17, 15) is 19.0 Å². The third kappa shape index (κ3) is 2.27. The SMILES string of the molecule is C=C(F)c1cc(O)cc2c1CC(c1ccc(O)c(F)c1)=N2. The smallest absolute Gasteiger partial charge is 0.165 e. The number of hydrogen-bond donors (Lipinski definition) is 2. The molecule has 0 unspecified atom stereocenters. The maximum Gasteiger partial charge on any atom is 0.165 e. The first-order valence-corrected chi connectivity index (χ1v) is 6.23. The van der Waals surface area contributed by atoms with Crippen molar-refractivity contribution in [3.63, 3.8) is 0 Å². The third-order valence-corrected chi connectivity index (χ3v) is 3.38. The van der Waals surface area contributed by atoms with E-state index in [0.717, 1.165) is 0 Å². The van der Waals surface area contributed by atoms with Gasteiger partial charge < -0.3 is 10.2 Å². The number of halogens is 2. The van der Waals surface area contributed by atoms with Crippen LogP contribution in [0.2, 0.25) is 0 Å². The molecule has 1 heterocycles. The van der Waals surface area contributed by atoms with Gasteiger partial charge in [0.2, 0.25) is 0 Å². The van der Waals surface area contributed by atoms with E-state index in [1.165, 1.54) is 30.3 Å². The molecule has 2 N–H and O–H groups in total. The van der Waals surface area contributed by atoms with E-state index in [0.29, 0.717) is 28.9 Å². The van der Waals surface area contributed by atoms with Crippen LogP contribution >= 0.6 is 0 Å². The lowest BCUT2D eigenvalue weighted by Crippen LogP contribution is -2.02. The fourth-order valence-corrected chi connectivity index (χ4v) is 2.37. The highest BCUT2D eigenvalue weighted by Gasteiger charge is 2.22. The molecular weight excluding hydrogens is 276 g/mol. The predicted octanol–water partition coefficient (Wildman–Crippen LogP) is 3.85. The standard InChI is InChI=1S/C16H11F2NO2/c1-8(17)11-5-10(20)6-15-12(11)7-14(19-15)9-2-3-16(21)13(18)4-9/h2-6,20-21H,1,7H2. The summed E-state index contributed by atoms with van der Waals surface area (Å²) in [6.07, 6.45) is 0.304. The number of phenols is 2. The highest BCUT2D eigenvalue weighted by Crippen LogP contribution is 2.38. The van der Waals surface area contributed by atoms with Crippen molar-refractivity contribution in [1.82, 2.24) is 0 Å². The number of nitrogens with zero attached hydrogens (tertiary/aromatic N) is 1. The summed E-state index contributed by atoms with van der Waals surface area (Å²) in [5.74, 6) is -1.95. The molecule has 3 nitrogen and oxygen atoms in total. The van der Waals surface area contributed by atoms with Gasteiger partial charge in [0.15, 0.2) is 11.6 Å². The monoisotopic (exact) mass is 287 g/mol. The van der Waals surface area contributed by atoms with Crippen LogP contribution in [0.1, 0.15) is 16.7 Å². The van der Waals surface area contributed by atoms with Crippen LogP contribution in [0.5, 0.6) is 11.5 Å². The lowest BCUT2D eigenvalue weighted by Gasteiger charge is -2.06. The number of aliphatic imine (C=N–C) groups is 1. The van der Waals surface area contributed by atoms with Crippen molar-refractivity contribution < 1.29 is 19.0 Å². The predicted molar refractivity (Wildman–Crippen MR) is 76.2 cm³/mol. The Bertz CT molecular complexity index is 797. The fourth-order valence-electron chi connectivity index (χ4n) is 2.37. The van der Waals surface area contributed by atoms with Gasteiger partial charge in [-0.25, -0.2) is 8.78 Å². The normalized spacial score (nSPS) is 13.0. The maximum absolute atomic E-state index is 13.5. The summed E-state index contributed by atoms with van der Waals surface area (Å²) in [4.78, 5) is 4.30. The van der Waals surface area contributed by atoms with Gasteiger partial charge in [-0.2, -0.15) is 0 Å². The van der Waals surface area contributed by atoms with Gasteiger partial charge >= 0.3 is 0 Å². The van der Waals surface area contributed by atoms with E-state index < -0.39 is 17.4 Å². The first-order chi connectivity index (χ1) is 9.95. The Labute approximate surface area is 119 Å². The Kier molecular flexibility index (Phi) is 2.97. The first-order valence-electron chi connectivity index (χ1n) is 6.23. The Hall–Kier alpha value is -2.69. The third-order valence-electron chi connectivity index (χ3n) is 3.38. The van der Waals surface area contributed by atoms with Crippen molar-refractivity contribution in [2.24, 2.45) is 4.99 Å². The van der Waals surface area contributed by atoms with E-state index in [4.69, 9.17) is 0 Å². The molecule has 0 spiro atoms. The van der Waals surface area contributed by atoms with Crippen LogP contribution in [-0.2, 0) is 6.42 Å². The molecule has 1 aliphatic rings.